The van der Waals surface area contributed by atoms with Gasteiger partial charge in [-0.3, -0.25) is 10.1 Å². The molecular weight excluding hydrogens is 412 g/mol. The highest BCUT2D eigenvalue weighted by Gasteiger charge is 2.30. The monoisotopic (exact) mass is 430 g/mol. The van der Waals surface area contributed by atoms with Crippen LogP contribution in [-0.2, 0) is 14.8 Å². The molecule has 1 fully saturated rings. The number of nitrogens with zero attached hydrogens (tertiary/aromatic N) is 4. The van der Waals surface area contributed by atoms with Crippen LogP contribution in [0.3, 0.4) is 0 Å². The first kappa shape index (κ1) is 21.2. The Hall–Kier alpha value is -3.49. The number of anilines is 1. The Morgan fingerprint density at radius 2 is 1.77 bits per heavy atom. The SMILES string of the molecule is COC(=O)c1cc([N+](=O)[O-])ccc1N1CCN(S(=O)(=O)c2ccc(C#N)cc2)CC1. The number of piperazine rings is 1. The molecule has 0 radical (unpaired) electrons. The molecule has 0 unspecified atom stereocenters. The zero-order valence-corrected chi connectivity index (χ0v) is 16.8. The lowest BCUT2D eigenvalue weighted by atomic mass is 10.1. The molecule has 0 aromatic heterocycles. The third kappa shape index (κ3) is 4.10. The van der Waals surface area contributed by atoms with Crippen molar-refractivity contribution in [2.45, 2.75) is 4.90 Å². The average molecular weight is 430 g/mol. The van der Waals surface area contributed by atoms with E-state index >= 15 is 0 Å². The van der Waals surface area contributed by atoms with Gasteiger partial charge < -0.3 is 9.64 Å². The van der Waals surface area contributed by atoms with E-state index in [4.69, 9.17) is 10.00 Å². The van der Waals surface area contributed by atoms with Gasteiger partial charge in [-0.2, -0.15) is 9.57 Å². The molecule has 0 saturated carbocycles. The number of benzene rings is 2. The number of sulfonamides is 1. The van der Waals surface area contributed by atoms with E-state index in [1.807, 2.05) is 6.07 Å². The van der Waals surface area contributed by atoms with Crippen LogP contribution in [0.25, 0.3) is 0 Å². The van der Waals surface area contributed by atoms with Crippen molar-refractivity contribution in [3.63, 3.8) is 0 Å². The molecule has 1 saturated heterocycles. The second-order valence-electron chi connectivity index (χ2n) is 6.48. The van der Waals surface area contributed by atoms with Crippen LogP contribution in [0.15, 0.2) is 47.4 Å². The van der Waals surface area contributed by atoms with Crippen LogP contribution < -0.4 is 4.90 Å². The molecule has 1 heterocycles. The van der Waals surface area contributed by atoms with Crippen molar-refractivity contribution < 1.29 is 22.9 Å². The summed E-state index contributed by atoms with van der Waals surface area (Å²) in [5, 5.41) is 19.9. The summed E-state index contributed by atoms with van der Waals surface area (Å²) in [7, 11) is -2.54. The quantitative estimate of drug-likeness (QED) is 0.398. The molecule has 2 aromatic carbocycles. The summed E-state index contributed by atoms with van der Waals surface area (Å²) in [5.74, 6) is -0.707. The van der Waals surface area contributed by atoms with E-state index in [1.54, 1.807) is 4.90 Å². The number of hydrogen-bond donors (Lipinski definition) is 0. The fraction of sp³-hybridized carbons (Fsp3) is 0.263. The molecule has 0 N–H and O–H groups in total. The summed E-state index contributed by atoms with van der Waals surface area (Å²) in [6.07, 6.45) is 0. The van der Waals surface area contributed by atoms with Gasteiger partial charge in [0.25, 0.3) is 5.69 Å². The number of nitro groups is 1. The molecule has 0 bridgehead atoms. The number of carbonyl (C=O) groups is 1. The van der Waals surface area contributed by atoms with Gasteiger partial charge in [0.05, 0.1) is 39.8 Å². The second-order valence-corrected chi connectivity index (χ2v) is 8.42. The molecule has 2 aromatic rings. The van der Waals surface area contributed by atoms with Crippen LogP contribution in [0.5, 0.6) is 0 Å². The summed E-state index contributed by atoms with van der Waals surface area (Å²) < 4.78 is 31.8. The van der Waals surface area contributed by atoms with Gasteiger partial charge in [-0.1, -0.05) is 0 Å². The Labute approximate surface area is 173 Å². The summed E-state index contributed by atoms with van der Waals surface area (Å²) in [4.78, 5) is 24.4. The summed E-state index contributed by atoms with van der Waals surface area (Å²) in [5.41, 5.74) is 0.631. The fourth-order valence-corrected chi connectivity index (χ4v) is 4.63. The van der Waals surface area contributed by atoms with Crippen molar-refractivity contribution in [3.8, 4) is 6.07 Å². The van der Waals surface area contributed by atoms with Gasteiger partial charge in [0.1, 0.15) is 0 Å². The molecule has 156 valence electrons. The first-order valence-electron chi connectivity index (χ1n) is 8.90. The molecule has 1 aliphatic heterocycles. The lowest BCUT2D eigenvalue weighted by molar-refractivity contribution is -0.384. The van der Waals surface area contributed by atoms with Crippen molar-refractivity contribution in [2.75, 3.05) is 38.2 Å². The summed E-state index contributed by atoms with van der Waals surface area (Å²) in [6.45, 7) is 0.911. The zero-order chi connectivity index (χ0) is 21.9. The number of nitro benzene ring substituents is 1. The van der Waals surface area contributed by atoms with Gasteiger partial charge in [0.2, 0.25) is 10.0 Å². The van der Waals surface area contributed by atoms with Crippen LogP contribution >= 0.6 is 0 Å². The molecule has 0 atom stereocenters. The number of methoxy groups -OCH3 is 1. The number of nitriles is 1. The molecule has 11 heteroatoms. The van der Waals surface area contributed by atoms with Crippen molar-refractivity contribution >= 4 is 27.4 Å². The van der Waals surface area contributed by atoms with E-state index < -0.39 is 20.9 Å². The fourth-order valence-electron chi connectivity index (χ4n) is 3.21. The lowest BCUT2D eigenvalue weighted by Gasteiger charge is -2.36. The second kappa shape index (κ2) is 8.48. The third-order valence-electron chi connectivity index (χ3n) is 4.80. The van der Waals surface area contributed by atoms with Crippen LogP contribution in [0.4, 0.5) is 11.4 Å². The maximum absolute atomic E-state index is 12.8. The minimum Gasteiger partial charge on any atom is -0.465 e. The first-order chi connectivity index (χ1) is 14.3. The van der Waals surface area contributed by atoms with E-state index in [-0.39, 0.29) is 42.3 Å². The summed E-state index contributed by atoms with van der Waals surface area (Å²) in [6, 6.07) is 11.5. The zero-order valence-electron chi connectivity index (χ0n) is 16.0. The van der Waals surface area contributed by atoms with E-state index in [0.717, 1.165) is 6.07 Å². The molecule has 30 heavy (non-hydrogen) atoms. The van der Waals surface area contributed by atoms with Crippen LogP contribution in [-0.4, -0.2) is 56.9 Å². The first-order valence-corrected chi connectivity index (χ1v) is 10.3. The van der Waals surface area contributed by atoms with Crippen LogP contribution in [0.2, 0.25) is 0 Å². The van der Waals surface area contributed by atoms with Crippen molar-refractivity contribution in [3.05, 3.63) is 63.7 Å². The molecule has 10 nitrogen and oxygen atoms in total. The highest BCUT2D eigenvalue weighted by atomic mass is 32.2. The highest BCUT2D eigenvalue weighted by Crippen LogP contribution is 2.28. The van der Waals surface area contributed by atoms with Crippen LogP contribution in [0, 0.1) is 21.4 Å². The molecule has 1 aliphatic rings. The Balaban J connectivity index is 1.80. The largest absolute Gasteiger partial charge is 0.465 e. The predicted octanol–water partition coefficient (Wildman–Crippen LogP) is 1.76. The van der Waals surface area contributed by atoms with E-state index in [0.29, 0.717) is 11.3 Å². The number of hydrogen-bond acceptors (Lipinski definition) is 8. The molecule has 0 spiro atoms. The van der Waals surface area contributed by atoms with Gasteiger partial charge in [-0.15, -0.1) is 0 Å². The Bertz CT molecular complexity index is 1120. The Morgan fingerprint density at radius 1 is 1.13 bits per heavy atom. The molecule has 0 amide bonds. The number of rotatable bonds is 5. The Morgan fingerprint density at radius 3 is 2.30 bits per heavy atom. The predicted molar refractivity (Wildman–Crippen MR) is 107 cm³/mol. The number of carbonyl (C=O) groups excluding carboxylic acids is 1. The van der Waals surface area contributed by atoms with Gasteiger partial charge >= 0.3 is 5.97 Å². The smallest absolute Gasteiger partial charge is 0.340 e. The normalized spacial score (nSPS) is 14.7. The standard InChI is InChI=1S/C19H18N4O6S/c1-29-19(24)17-12-15(23(25)26)4-7-18(17)21-8-10-22(11-9-21)30(27,28)16-5-2-14(13-20)3-6-16/h2-7,12H,8-11H2,1H3. The van der Waals surface area contributed by atoms with Crippen molar-refractivity contribution in [1.82, 2.24) is 4.31 Å². The highest BCUT2D eigenvalue weighted by molar-refractivity contribution is 7.89. The topological polar surface area (TPSA) is 134 Å². The number of non-ortho nitro benzene ring substituents is 1. The average Bonchev–Trinajstić information content (AvgIpc) is 2.78. The molecular formula is C19H18N4O6S. The van der Waals surface area contributed by atoms with Gasteiger partial charge in [0.15, 0.2) is 0 Å². The molecule has 3 rings (SSSR count). The van der Waals surface area contributed by atoms with E-state index in [2.05, 4.69) is 0 Å². The number of ether oxygens (including phenoxy) is 1. The lowest BCUT2D eigenvalue weighted by Crippen LogP contribution is -2.49. The minimum absolute atomic E-state index is 0.0510. The van der Waals surface area contributed by atoms with Gasteiger partial charge in [-0.25, -0.2) is 13.2 Å². The van der Waals surface area contributed by atoms with E-state index in [9.17, 15) is 23.3 Å². The minimum atomic E-state index is -3.73. The van der Waals surface area contributed by atoms with Gasteiger partial charge in [-0.05, 0) is 30.3 Å². The van der Waals surface area contributed by atoms with Crippen LogP contribution in [0.1, 0.15) is 15.9 Å². The van der Waals surface area contributed by atoms with Crippen molar-refractivity contribution in [1.29, 1.82) is 5.26 Å². The van der Waals surface area contributed by atoms with Gasteiger partial charge in [0, 0.05) is 38.3 Å². The van der Waals surface area contributed by atoms with E-state index in [1.165, 1.54) is 47.8 Å². The Kier molecular flexibility index (Phi) is 6.00. The number of esters is 1. The molecule has 0 aliphatic carbocycles. The third-order valence-corrected chi connectivity index (χ3v) is 6.71. The summed E-state index contributed by atoms with van der Waals surface area (Å²) >= 11 is 0. The maximum Gasteiger partial charge on any atom is 0.340 e. The maximum atomic E-state index is 12.8. The van der Waals surface area contributed by atoms with Crippen molar-refractivity contribution in [2.24, 2.45) is 0 Å².